The number of hydrogen-bond donors (Lipinski definition) is 2. The van der Waals surface area contributed by atoms with Gasteiger partial charge in [-0.3, -0.25) is 4.79 Å². The van der Waals surface area contributed by atoms with Crippen LogP contribution in [0.3, 0.4) is 0 Å². The van der Waals surface area contributed by atoms with Crippen molar-refractivity contribution in [1.29, 1.82) is 0 Å². The van der Waals surface area contributed by atoms with E-state index in [1.165, 1.54) is 12.1 Å². The maximum Gasteiger partial charge on any atom is 0.238 e. The van der Waals surface area contributed by atoms with E-state index >= 15 is 0 Å². The molecule has 0 radical (unpaired) electrons. The highest BCUT2D eigenvalue weighted by molar-refractivity contribution is 7.89. The van der Waals surface area contributed by atoms with Crippen LogP contribution in [0.4, 0.5) is 0 Å². The fraction of sp³-hybridized carbons (Fsp3) is 0.391. The summed E-state index contributed by atoms with van der Waals surface area (Å²) in [5.74, 6) is 1.99. The molecule has 0 spiro atoms. The van der Waals surface area contributed by atoms with Crippen molar-refractivity contribution in [3.05, 3.63) is 47.8 Å². The van der Waals surface area contributed by atoms with Gasteiger partial charge in [-0.1, -0.05) is 13.0 Å². The number of aromatic nitrogens is 2. The lowest BCUT2D eigenvalue weighted by atomic mass is 10.1. The fourth-order valence-corrected chi connectivity index (χ4v) is 4.23. The molecule has 9 nitrogen and oxygen atoms in total. The van der Waals surface area contributed by atoms with Gasteiger partial charge in [0.15, 0.2) is 11.5 Å². The van der Waals surface area contributed by atoms with Gasteiger partial charge in [0.1, 0.15) is 5.82 Å². The summed E-state index contributed by atoms with van der Waals surface area (Å²) in [5, 5.41) is 8.18. The SMILES string of the molecule is CCCn1c(CCC(=O)NCCc2ccc(OC)c(OC)c2)nc2cc(S(N)(=O)=O)ccc21. The van der Waals surface area contributed by atoms with E-state index in [1.54, 1.807) is 20.3 Å². The van der Waals surface area contributed by atoms with E-state index in [1.807, 2.05) is 22.8 Å². The molecule has 1 heterocycles. The van der Waals surface area contributed by atoms with Gasteiger partial charge in [0.2, 0.25) is 15.9 Å². The zero-order chi connectivity index (χ0) is 24.0. The van der Waals surface area contributed by atoms with Crippen molar-refractivity contribution in [3.8, 4) is 11.5 Å². The van der Waals surface area contributed by atoms with Gasteiger partial charge in [0.05, 0.1) is 30.1 Å². The molecule has 0 aliphatic carbocycles. The molecule has 1 amide bonds. The molecule has 10 heteroatoms. The first-order chi connectivity index (χ1) is 15.8. The van der Waals surface area contributed by atoms with Crippen LogP contribution in [0.2, 0.25) is 0 Å². The highest BCUT2D eigenvalue weighted by Gasteiger charge is 2.15. The average Bonchev–Trinajstić information content (AvgIpc) is 3.14. The summed E-state index contributed by atoms with van der Waals surface area (Å²) < 4.78 is 35.9. The number of aryl methyl sites for hydroxylation is 2. The lowest BCUT2D eigenvalue weighted by Crippen LogP contribution is -2.26. The molecular weight excluding hydrogens is 444 g/mol. The Morgan fingerprint density at radius 3 is 2.52 bits per heavy atom. The second-order valence-corrected chi connectivity index (χ2v) is 9.23. The molecule has 0 bridgehead atoms. The maximum atomic E-state index is 12.4. The summed E-state index contributed by atoms with van der Waals surface area (Å²) in [7, 11) is -0.629. The largest absolute Gasteiger partial charge is 0.493 e. The molecule has 0 saturated heterocycles. The third-order valence-electron chi connectivity index (χ3n) is 5.33. The van der Waals surface area contributed by atoms with E-state index in [4.69, 9.17) is 14.6 Å². The number of imidazole rings is 1. The van der Waals surface area contributed by atoms with Crippen molar-refractivity contribution in [3.63, 3.8) is 0 Å². The van der Waals surface area contributed by atoms with Gasteiger partial charge in [-0.05, 0) is 48.7 Å². The number of nitrogens with zero attached hydrogens (tertiary/aromatic N) is 2. The van der Waals surface area contributed by atoms with Crippen LogP contribution in [0, 0.1) is 0 Å². The van der Waals surface area contributed by atoms with Crippen LogP contribution >= 0.6 is 0 Å². The van der Waals surface area contributed by atoms with Gasteiger partial charge in [-0.25, -0.2) is 18.5 Å². The summed E-state index contributed by atoms with van der Waals surface area (Å²) in [5.41, 5.74) is 2.41. The molecule has 1 aromatic heterocycles. The van der Waals surface area contributed by atoms with Crippen LogP contribution in [-0.2, 0) is 34.2 Å². The minimum absolute atomic E-state index is 0.0237. The number of hydrogen-bond acceptors (Lipinski definition) is 6. The first-order valence-electron chi connectivity index (χ1n) is 10.8. The first-order valence-corrected chi connectivity index (χ1v) is 12.3. The highest BCUT2D eigenvalue weighted by Crippen LogP contribution is 2.27. The molecule has 178 valence electrons. The second-order valence-electron chi connectivity index (χ2n) is 7.66. The van der Waals surface area contributed by atoms with Crippen molar-refractivity contribution >= 4 is 27.0 Å². The number of methoxy groups -OCH3 is 2. The van der Waals surface area contributed by atoms with Gasteiger partial charge in [-0.2, -0.15) is 0 Å². The minimum Gasteiger partial charge on any atom is -0.493 e. The summed E-state index contributed by atoms with van der Waals surface area (Å²) in [6.45, 7) is 3.27. The van der Waals surface area contributed by atoms with E-state index in [-0.39, 0.29) is 17.2 Å². The molecule has 0 unspecified atom stereocenters. The van der Waals surface area contributed by atoms with Gasteiger partial charge in [-0.15, -0.1) is 0 Å². The lowest BCUT2D eigenvalue weighted by molar-refractivity contribution is -0.121. The van der Waals surface area contributed by atoms with Gasteiger partial charge < -0.3 is 19.4 Å². The second kappa shape index (κ2) is 10.7. The van der Waals surface area contributed by atoms with E-state index in [9.17, 15) is 13.2 Å². The van der Waals surface area contributed by atoms with Crippen molar-refractivity contribution < 1.29 is 22.7 Å². The Morgan fingerprint density at radius 2 is 1.85 bits per heavy atom. The molecule has 0 aliphatic rings. The number of primary sulfonamides is 1. The van der Waals surface area contributed by atoms with Crippen molar-refractivity contribution in [2.75, 3.05) is 20.8 Å². The number of nitrogens with one attached hydrogen (secondary N) is 1. The Morgan fingerprint density at radius 1 is 1.09 bits per heavy atom. The number of nitrogens with two attached hydrogens (primary N) is 1. The zero-order valence-electron chi connectivity index (χ0n) is 19.1. The van der Waals surface area contributed by atoms with Gasteiger partial charge in [0, 0.05) is 25.9 Å². The number of amides is 1. The Hall–Kier alpha value is -3.11. The fourth-order valence-electron chi connectivity index (χ4n) is 3.70. The third-order valence-corrected chi connectivity index (χ3v) is 6.24. The van der Waals surface area contributed by atoms with Crippen molar-refractivity contribution in [2.24, 2.45) is 5.14 Å². The summed E-state index contributed by atoms with van der Waals surface area (Å²) in [6.07, 6.45) is 2.27. The molecule has 0 aliphatic heterocycles. The number of carbonyl (C=O) groups is 1. The molecule has 33 heavy (non-hydrogen) atoms. The lowest BCUT2D eigenvalue weighted by Gasteiger charge is -2.10. The van der Waals surface area contributed by atoms with Crippen LogP contribution in [0.25, 0.3) is 11.0 Å². The smallest absolute Gasteiger partial charge is 0.238 e. The van der Waals surface area contributed by atoms with Crippen LogP contribution in [0.5, 0.6) is 11.5 Å². The Kier molecular flexibility index (Phi) is 7.93. The monoisotopic (exact) mass is 474 g/mol. The standard InChI is InChI=1S/C23H30N4O5S/c1-4-13-27-19-7-6-17(33(24,29)30)15-18(19)26-22(27)9-10-23(28)25-12-11-16-5-8-20(31-2)21(14-16)32-3/h5-8,14-15H,4,9-13H2,1-3H3,(H,25,28)(H2,24,29,30). The number of sulfonamides is 1. The predicted octanol–water partition coefficient (Wildman–Crippen LogP) is 2.40. The van der Waals surface area contributed by atoms with Crippen LogP contribution in [0.15, 0.2) is 41.3 Å². The quantitative estimate of drug-likeness (QED) is 0.440. The third kappa shape index (κ3) is 6.02. The topological polar surface area (TPSA) is 126 Å². The van der Waals surface area contributed by atoms with Crippen molar-refractivity contribution in [2.45, 2.75) is 44.0 Å². The van der Waals surface area contributed by atoms with E-state index in [0.29, 0.717) is 36.4 Å². The van der Waals surface area contributed by atoms with E-state index in [2.05, 4.69) is 17.2 Å². The van der Waals surface area contributed by atoms with Crippen LogP contribution in [0.1, 0.15) is 31.2 Å². The molecule has 0 fully saturated rings. The highest BCUT2D eigenvalue weighted by atomic mass is 32.2. The molecular formula is C23H30N4O5S. The average molecular weight is 475 g/mol. The summed E-state index contributed by atoms with van der Waals surface area (Å²) in [6, 6.07) is 10.4. The first kappa shape index (κ1) is 24.5. The summed E-state index contributed by atoms with van der Waals surface area (Å²) >= 11 is 0. The molecule has 3 aromatic rings. The van der Waals surface area contributed by atoms with Crippen molar-refractivity contribution in [1.82, 2.24) is 14.9 Å². The summed E-state index contributed by atoms with van der Waals surface area (Å²) in [4.78, 5) is 17.0. The molecule has 0 saturated carbocycles. The molecule has 2 aromatic carbocycles. The normalized spacial score (nSPS) is 11.5. The molecule has 3 N–H and O–H groups in total. The Labute approximate surface area is 193 Å². The number of fused-ring (bicyclic) bond motifs is 1. The maximum absolute atomic E-state index is 12.4. The van der Waals surface area contributed by atoms with Crippen LogP contribution < -0.4 is 19.9 Å². The van der Waals surface area contributed by atoms with Crippen LogP contribution in [-0.4, -0.2) is 44.6 Å². The molecule has 3 rings (SSSR count). The molecule has 0 atom stereocenters. The van der Waals surface area contributed by atoms with E-state index in [0.717, 1.165) is 29.9 Å². The predicted molar refractivity (Wildman–Crippen MR) is 126 cm³/mol. The number of ether oxygens (including phenoxy) is 2. The number of carbonyl (C=O) groups excluding carboxylic acids is 1. The van der Waals surface area contributed by atoms with Gasteiger partial charge >= 0.3 is 0 Å². The number of benzene rings is 2. The zero-order valence-corrected chi connectivity index (χ0v) is 19.9. The minimum atomic E-state index is -3.81. The Bertz CT molecular complexity index is 1240. The van der Waals surface area contributed by atoms with E-state index < -0.39 is 10.0 Å². The Balaban J connectivity index is 1.62. The number of rotatable bonds is 11. The van der Waals surface area contributed by atoms with Gasteiger partial charge in [0.25, 0.3) is 0 Å².